The van der Waals surface area contributed by atoms with Gasteiger partial charge in [-0.3, -0.25) is 0 Å². The van der Waals surface area contributed by atoms with Gasteiger partial charge in [0.1, 0.15) is 11.8 Å². The van der Waals surface area contributed by atoms with Gasteiger partial charge in [-0.1, -0.05) is 30.3 Å². The first-order valence-electron chi connectivity index (χ1n) is 8.62. The molecule has 0 radical (unpaired) electrons. The smallest absolute Gasteiger partial charge is 0.261 e. The molecule has 0 saturated carbocycles. The Morgan fingerprint density at radius 3 is 2.70 bits per heavy atom. The fourth-order valence-corrected chi connectivity index (χ4v) is 2.81. The number of benzene rings is 1. The van der Waals surface area contributed by atoms with Crippen LogP contribution in [0.3, 0.4) is 0 Å². The van der Waals surface area contributed by atoms with Gasteiger partial charge in [0.2, 0.25) is 5.88 Å². The van der Waals surface area contributed by atoms with Gasteiger partial charge in [-0.2, -0.15) is 4.98 Å². The molecule has 6 nitrogen and oxygen atoms in total. The molecule has 0 spiro atoms. The number of ether oxygens (including phenoxy) is 2. The molecule has 1 atom stereocenters. The Morgan fingerprint density at radius 1 is 1.19 bits per heavy atom. The van der Waals surface area contributed by atoms with Gasteiger partial charge < -0.3 is 19.8 Å². The van der Waals surface area contributed by atoms with Crippen molar-refractivity contribution < 1.29 is 18.3 Å². The summed E-state index contributed by atoms with van der Waals surface area (Å²) in [5.41, 5.74) is 2.78. The molecule has 3 heterocycles. The van der Waals surface area contributed by atoms with Crippen LogP contribution in [-0.2, 0) is 11.3 Å². The topological polar surface area (TPSA) is 72.1 Å². The first-order valence-corrected chi connectivity index (χ1v) is 8.62. The number of aromatic amines is 1. The monoisotopic (exact) mass is 376 g/mol. The zero-order valence-electron chi connectivity index (χ0n) is 15.0. The maximum absolute atomic E-state index is 12.8. The summed E-state index contributed by atoms with van der Waals surface area (Å²) in [6.07, 6.45) is 3.17. The van der Waals surface area contributed by atoms with Crippen molar-refractivity contribution in [1.29, 1.82) is 0 Å². The van der Waals surface area contributed by atoms with Gasteiger partial charge in [0, 0.05) is 18.7 Å². The summed E-state index contributed by atoms with van der Waals surface area (Å²) in [4.78, 5) is 10.9. The van der Waals surface area contributed by atoms with Crippen LogP contribution >= 0.6 is 0 Å². The molecule has 1 unspecified atom stereocenters. The lowest BCUT2D eigenvalue weighted by Gasteiger charge is -2.10. The predicted molar refractivity (Wildman–Crippen MR) is 97.9 cm³/mol. The van der Waals surface area contributed by atoms with Crippen LogP contribution in [0.15, 0.2) is 48.9 Å². The second-order valence-electron chi connectivity index (χ2n) is 6.26. The van der Waals surface area contributed by atoms with Crippen LogP contribution in [-0.4, -0.2) is 47.2 Å². The third kappa shape index (κ3) is 5.45. The molecular formula is C19H22F2N4O2. The number of methoxy groups -OCH3 is 1. The maximum atomic E-state index is 12.8. The van der Waals surface area contributed by atoms with Crippen LogP contribution in [0.25, 0.3) is 11.0 Å². The van der Waals surface area contributed by atoms with E-state index in [9.17, 15) is 8.78 Å². The van der Waals surface area contributed by atoms with Gasteiger partial charge in [0.05, 0.1) is 32.4 Å². The van der Waals surface area contributed by atoms with Gasteiger partial charge >= 0.3 is 0 Å². The summed E-state index contributed by atoms with van der Waals surface area (Å²) in [5.74, 6) is -1.99. The van der Waals surface area contributed by atoms with Crippen molar-refractivity contribution in [1.82, 2.24) is 20.3 Å². The van der Waals surface area contributed by atoms with E-state index in [0.29, 0.717) is 19.1 Å². The molecule has 8 heteroatoms. The van der Waals surface area contributed by atoms with Crippen molar-refractivity contribution in [3.8, 4) is 5.88 Å². The number of nitrogens with zero attached hydrogens (tertiary/aromatic N) is 2. The molecule has 0 aliphatic carbocycles. The molecular weight excluding hydrogens is 354 g/mol. The highest BCUT2D eigenvalue weighted by atomic mass is 19.3. The van der Waals surface area contributed by atoms with E-state index in [1.165, 1.54) is 6.33 Å². The molecule has 0 bridgehead atoms. The second kappa shape index (κ2) is 8.88. The normalized spacial score (nSPS) is 18.1. The summed E-state index contributed by atoms with van der Waals surface area (Å²) < 4.78 is 36.1. The van der Waals surface area contributed by atoms with Gasteiger partial charge in [-0.05, 0) is 11.6 Å². The molecule has 1 aromatic carbocycles. The van der Waals surface area contributed by atoms with E-state index in [-0.39, 0.29) is 19.0 Å². The number of nitrogens with one attached hydrogen (secondary N) is 2. The van der Waals surface area contributed by atoms with Crippen LogP contribution in [0.4, 0.5) is 8.78 Å². The molecule has 2 N–H and O–H groups in total. The summed E-state index contributed by atoms with van der Waals surface area (Å²) in [7, 11) is 1.59. The van der Waals surface area contributed by atoms with Gasteiger partial charge in [-0.15, -0.1) is 0 Å². The highest BCUT2D eigenvalue weighted by Gasteiger charge is 2.39. The van der Waals surface area contributed by atoms with E-state index in [2.05, 4.69) is 20.3 Å². The van der Waals surface area contributed by atoms with Crippen molar-refractivity contribution in [2.45, 2.75) is 25.0 Å². The average molecular weight is 376 g/mol. The lowest BCUT2D eigenvalue weighted by atomic mass is 10.2. The van der Waals surface area contributed by atoms with E-state index in [1.54, 1.807) is 7.11 Å². The van der Waals surface area contributed by atoms with E-state index < -0.39 is 5.92 Å². The minimum Gasteiger partial charge on any atom is -0.479 e. The van der Waals surface area contributed by atoms with E-state index in [1.807, 2.05) is 42.6 Å². The Hall–Kier alpha value is -2.58. The number of rotatable bonds is 5. The predicted octanol–water partition coefficient (Wildman–Crippen LogP) is 3.17. The number of alkyl halides is 2. The SMILES string of the molecule is COc1ncnc2cc[nH]c12.FC1(F)CNC(COCc2ccccc2)C1. The van der Waals surface area contributed by atoms with Crippen molar-refractivity contribution >= 4 is 11.0 Å². The van der Waals surface area contributed by atoms with E-state index in [4.69, 9.17) is 9.47 Å². The Bertz CT molecular complexity index is 842. The third-order valence-corrected chi connectivity index (χ3v) is 4.13. The molecule has 144 valence electrons. The summed E-state index contributed by atoms with van der Waals surface area (Å²) in [5, 5.41) is 2.76. The van der Waals surface area contributed by atoms with Crippen molar-refractivity contribution in [2.75, 3.05) is 20.3 Å². The Kier molecular flexibility index (Phi) is 6.31. The molecule has 2 aromatic heterocycles. The molecule has 1 aliphatic rings. The van der Waals surface area contributed by atoms with Crippen LogP contribution in [0.2, 0.25) is 0 Å². The Labute approximate surface area is 155 Å². The molecule has 0 amide bonds. The standard InChI is InChI=1S/C12H15F2NO.C7H7N3O/c13-12(14)6-11(15-9-12)8-16-7-10-4-2-1-3-5-10;1-11-7-6-5(2-3-8-6)9-4-10-7/h1-5,11,15H,6-9H2;2-4,8H,1H3. The zero-order chi connectivity index (χ0) is 19.1. The average Bonchev–Trinajstić information content (AvgIpc) is 3.29. The fraction of sp³-hybridized carbons (Fsp3) is 0.368. The van der Waals surface area contributed by atoms with Crippen LogP contribution in [0, 0.1) is 0 Å². The lowest BCUT2D eigenvalue weighted by molar-refractivity contribution is 0.0156. The van der Waals surface area contributed by atoms with Crippen molar-refractivity contribution in [3.05, 3.63) is 54.5 Å². The second-order valence-corrected chi connectivity index (χ2v) is 6.26. The maximum Gasteiger partial charge on any atom is 0.261 e. The van der Waals surface area contributed by atoms with Crippen LogP contribution < -0.4 is 10.1 Å². The minimum absolute atomic E-state index is 0.123. The quantitative estimate of drug-likeness (QED) is 0.716. The Balaban J connectivity index is 0.000000166. The molecule has 27 heavy (non-hydrogen) atoms. The first-order chi connectivity index (χ1) is 13.1. The van der Waals surface area contributed by atoms with Crippen molar-refractivity contribution in [3.63, 3.8) is 0 Å². The summed E-state index contributed by atoms with van der Waals surface area (Å²) >= 11 is 0. The number of fused-ring (bicyclic) bond motifs is 1. The molecule has 1 aliphatic heterocycles. The number of H-pyrrole nitrogens is 1. The molecule has 1 saturated heterocycles. The lowest BCUT2D eigenvalue weighted by Crippen LogP contribution is -2.26. The zero-order valence-corrected chi connectivity index (χ0v) is 15.0. The Morgan fingerprint density at radius 2 is 2.00 bits per heavy atom. The summed E-state index contributed by atoms with van der Waals surface area (Å²) in [6.45, 7) is 0.585. The minimum atomic E-state index is -2.57. The first kappa shape index (κ1) is 19.2. The van der Waals surface area contributed by atoms with Gasteiger partial charge in [0.25, 0.3) is 5.92 Å². The molecule has 4 rings (SSSR count). The summed E-state index contributed by atoms with van der Waals surface area (Å²) in [6, 6.07) is 11.4. The largest absolute Gasteiger partial charge is 0.479 e. The number of halogens is 2. The highest BCUT2D eigenvalue weighted by Crippen LogP contribution is 2.25. The molecule has 1 fully saturated rings. The van der Waals surface area contributed by atoms with Crippen molar-refractivity contribution in [2.24, 2.45) is 0 Å². The number of hydrogen-bond acceptors (Lipinski definition) is 5. The number of hydrogen-bond donors (Lipinski definition) is 2. The van der Waals surface area contributed by atoms with Crippen LogP contribution in [0.5, 0.6) is 5.88 Å². The van der Waals surface area contributed by atoms with Crippen LogP contribution in [0.1, 0.15) is 12.0 Å². The molecule has 3 aromatic rings. The van der Waals surface area contributed by atoms with Gasteiger partial charge in [0.15, 0.2) is 0 Å². The van der Waals surface area contributed by atoms with Gasteiger partial charge in [-0.25, -0.2) is 13.8 Å². The van der Waals surface area contributed by atoms with E-state index >= 15 is 0 Å². The highest BCUT2D eigenvalue weighted by molar-refractivity contribution is 5.79. The fourth-order valence-electron chi connectivity index (χ4n) is 2.81. The van der Waals surface area contributed by atoms with E-state index in [0.717, 1.165) is 16.6 Å². The number of aromatic nitrogens is 3. The third-order valence-electron chi connectivity index (χ3n) is 4.13.